The fourth-order valence-corrected chi connectivity index (χ4v) is 2.87. The maximum atomic E-state index is 11.3. The third-order valence-electron chi connectivity index (χ3n) is 2.74. The minimum Gasteiger partial charge on any atom is -0.213 e. The average molecular weight is 252 g/mol. The molecular weight excluding hydrogens is 240 g/mol. The molecule has 0 heterocycles. The van der Waals surface area contributed by atoms with E-state index in [0.717, 1.165) is 17.4 Å². The van der Waals surface area contributed by atoms with Crippen molar-refractivity contribution in [2.24, 2.45) is 5.11 Å². The number of rotatable bonds is 3. The summed E-state index contributed by atoms with van der Waals surface area (Å²) < 4.78 is 25.1. The lowest BCUT2D eigenvalue weighted by Gasteiger charge is -2.16. The summed E-state index contributed by atoms with van der Waals surface area (Å²) in [5, 5.41) is 3.66. The number of sulfonamides is 1. The van der Waals surface area contributed by atoms with Gasteiger partial charge in [-0.2, -0.15) is 0 Å². The van der Waals surface area contributed by atoms with E-state index in [2.05, 4.69) is 14.7 Å². The lowest BCUT2D eigenvalue weighted by Crippen LogP contribution is -2.32. The largest absolute Gasteiger partial charge is 0.213 e. The first-order valence-corrected chi connectivity index (χ1v) is 7.00. The van der Waals surface area contributed by atoms with Crippen molar-refractivity contribution in [3.8, 4) is 0 Å². The summed E-state index contributed by atoms with van der Waals surface area (Å²) in [5.74, 6) is 0. The standard InChI is InChI=1S/C10H12N4O2S/c1-17(15,16)13-10-8-5-3-2-4-7(8)6-9(10)12-14-11/h2-5,9-10,13H,6H2,1H3. The molecule has 0 saturated heterocycles. The summed E-state index contributed by atoms with van der Waals surface area (Å²) in [6.07, 6.45) is 1.66. The van der Waals surface area contributed by atoms with Crippen LogP contribution in [0.15, 0.2) is 29.4 Å². The van der Waals surface area contributed by atoms with Crippen LogP contribution in [0.5, 0.6) is 0 Å². The van der Waals surface area contributed by atoms with Crippen molar-refractivity contribution >= 4 is 10.0 Å². The Bertz CT molecular complexity index is 578. The molecular formula is C10H12N4O2S. The average Bonchev–Trinajstić information content (AvgIpc) is 2.56. The molecule has 0 spiro atoms. The van der Waals surface area contributed by atoms with Gasteiger partial charge >= 0.3 is 0 Å². The second kappa shape index (κ2) is 4.37. The van der Waals surface area contributed by atoms with Crippen LogP contribution in [0.1, 0.15) is 17.2 Å². The molecule has 0 aliphatic heterocycles. The molecule has 17 heavy (non-hydrogen) atoms. The van der Waals surface area contributed by atoms with Crippen LogP contribution in [0.4, 0.5) is 0 Å². The van der Waals surface area contributed by atoms with E-state index in [4.69, 9.17) is 5.53 Å². The van der Waals surface area contributed by atoms with Gasteiger partial charge in [0.15, 0.2) is 0 Å². The topological polar surface area (TPSA) is 94.9 Å². The van der Waals surface area contributed by atoms with Crippen LogP contribution < -0.4 is 4.72 Å². The Morgan fingerprint density at radius 3 is 2.82 bits per heavy atom. The van der Waals surface area contributed by atoms with Crippen LogP contribution in [0, 0.1) is 0 Å². The number of azide groups is 1. The number of nitrogens with one attached hydrogen (secondary N) is 1. The monoisotopic (exact) mass is 252 g/mol. The normalized spacial score (nSPS) is 22.9. The summed E-state index contributed by atoms with van der Waals surface area (Å²) in [7, 11) is -3.33. The highest BCUT2D eigenvalue weighted by Crippen LogP contribution is 2.33. The minimum absolute atomic E-state index is 0.396. The van der Waals surface area contributed by atoms with Gasteiger partial charge in [-0.25, -0.2) is 13.1 Å². The third-order valence-corrected chi connectivity index (χ3v) is 3.43. The third kappa shape index (κ3) is 2.58. The van der Waals surface area contributed by atoms with E-state index < -0.39 is 22.1 Å². The molecule has 90 valence electrons. The molecule has 1 aliphatic rings. The molecule has 0 aromatic heterocycles. The molecule has 1 aromatic rings. The zero-order valence-corrected chi connectivity index (χ0v) is 10.1. The SMILES string of the molecule is CS(=O)(=O)NC1c2ccccc2CC1N=[N+]=[N-]. The molecule has 1 aromatic carbocycles. The van der Waals surface area contributed by atoms with Crippen molar-refractivity contribution in [3.05, 3.63) is 45.8 Å². The lowest BCUT2D eigenvalue weighted by atomic mass is 10.1. The molecule has 7 heteroatoms. The number of hydrogen-bond acceptors (Lipinski definition) is 3. The molecule has 0 bridgehead atoms. The fraction of sp³-hybridized carbons (Fsp3) is 0.400. The zero-order valence-electron chi connectivity index (χ0n) is 9.24. The summed E-state index contributed by atoms with van der Waals surface area (Å²) >= 11 is 0. The zero-order chi connectivity index (χ0) is 12.5. The van der Waals surface area contributed by atoms with Gasteiger partial charge in [-0.15, -0.1) is 0 Å². The molecule has 1 N–H and O–H groups in total. The number of fused-ring (bicyclic) bond motifs is 1. The van der Waals surface area contributed by atoms with E-state index in [0.29, 0.717) is 6.42 Å². The van der Waals surface area contributed by atoms with Crippen molar-refractivity contribution in [2.45, 2.75) is 18.5 Å². The highest BCUT2D eigenvalue weighted by Gasteiger charge is 2.33. The van der Waals surface area contributed by atoms with Gasteiger partial charge in [0.1, 0.15) is 0 Å². The number of benzene rings is 1. The van der Waals surface area contributed by atoms with Gasteiger partial charge in [0, 0.05) is 4.91 Å². The van der Waals surface area contributed by atoms with Gasteiger partial charge in [-0.1, -0.05) is 29.4 Å². The van der Waals surface area contributed by atoms with E-state index in [1.807, 2.05) is 24.3 Å². The van der Waals surface area contributed by atoms with Crippen molar-refractivity contribution < 1.29 is 8.42 Å². The highest BCUT2D eigenvalue weighted by atomic mass is 32.2. The van der Waals surface area contributed by atoms with Gasteiger partial charge in [-0.3, -0.25) is 0 Å². The summed E-state index contributed by atoms with van der Waals surface area (Å²) in [4.78, 5) is 2.77. The Morgan fingerprint density at radius 2 is 2.18 bits per heavy atom. The second-order valence-corrected chi connectivity index (χ2v) is 5.82. The Kier molecular flexibility index (Phi) is 3.06. The van der Waals surface area contributed by atoms with Crippen molar-refractivity contribution in [2.75, 3.05) is 6.26 Å². The first kappa shape index (κ1) is 11.9. The predicted molar refractivity (Wildman–Crippen MR) is 63.8 cm³/mol. The Labute approximate surface area is 99.3 Å². The van der Waals surface area contributed by atoms with Gasteiger partial charge in [0.05, 0.1) is 18.3 Å². The summed E-state index contributed by atoms with van der Waals surface area (Å²) in [6, 6.07) is 6.64. The van der Waals surface area contributed by atoms with Gasteiger partial charge in [0.25, 0.3) is 0 Å². The maximum absolute atomic E-state index is 11.3. The van der Waals surface area contributed by atoms with Crippen molar-refractivity contribution in [1.82, 2.24) is 4.72 Å². The van der Waals surface area contributed by atoms with E-state index in [1.54, 1.807) is 0 Å². The van der Waals surface area contributed by atoms with E-state index in [-0.39, 0.29) is 0 Å². The molecule has 2 rings (SSSR count). The quantitative estimate of drug-likeness (QED) is 0.501. The molecule has 1 aliphatic carbocycles. The van der Waals surface area contributed by atoms with Crippen LogP contribution in [0.3, 0.4) is 0 Å². The van der Waals surface area contributed by atoms with E-state index >= 15 is 0 Å². The predicted octanol–water partition coefficient (Wildman–Crippen LogP) is 1.51. The minimum atomic E-state index is -3.33. The van der Waals surface area contributed by atoms with Crippen LogP contribution in [0.2, 0.25) is 0 Å². The fourth-order valence-electron chi connectivity index (χ4n) is 2.12. The smallest absolute Gasteiger partial charge is 0.209 e. The molecule has 6 nitrogen and oxygen atoms in total. The van der Waals surface area contributed by atoms with Crippen molar-refractivity contribution in [3.63, 3.8) is 0 Å². The van der Waals surface area contributed by atoms with E-state index in [1.165, 1.54) is 0 Å². The summed E-state index contributed by atoms with van der Waals surface area (Å²) in [5.41, 5.74) is 10.4. The molecule has 2 atom stereocenters. The van der Waals surface area contributed by atoms with Gasteiger partial charge in [-0.05, 0) is 23.1 Å². The Balaban J connectivity index is 2.40. The van der Waals surface area contributed by atoms with Crippen molar-refractivity contribution in [1.29, 1.82) is 0 Å². The number of nitrogens with zero attached hydrogens (tertiary/aromatic N) is 3. The second-order valence-electron chi connectivity index (χ2n) is 4.04. The Morgan fingerprint density at radius 1 is 1.47 bits per heavy atom. The number of hydrogen-bond donors (Lipinski definition) is 1. The van der Waals surface area contributed by atoms with E-state index in [9.17, 15) is 8.42 Å². The maximum Gasteiger partial charge on any atom is 0.209 e. The first-order chi connectivity index (χ1) is 8.01. The van der Waals surface area contributed by atoms with Crippen LogP contribution in [0.25, 0.3) is 10.4 Å². The molecule has 0 radical (unpaired) electrons. The molecule has 0 fully saturated rings. The van der Waals surface area contributed by atoms with Crippen LogP contribution >= 0.6 is 0 Å². The van der Waals surface area contributed by atoms with Gasteiger partial charge in [0.2, 0.25) is 10.0 Å². The van der Waals surface area contributed by atoms with Crippen LogP contribution in [-0.2, 0) is 16.4 Å². The molecule has 0 amide bonds. The van der Waals surface area contributed by atoms with Gasteiger partial charge < -0.3 is 0 Å². The molecule has 2 unspecified atom stereocenters. The molecule has 0 saturated carbocycles. The van der Waals surface area contributed by atoms with Crippen LogP contribution in [-0.4, -0.2) is 20.7 Å². The first-order valence-electron chi connectivity index (χ1n) is 5.10. The summed E-state index contributed by atoms with van der Waals surface area (Å²) in [6.45, 7) is 0. The highest BCUT2D eigenvalue weighted by molar-refractivity contribution is 7.88. The Hall–Kier alpha value is -1.56. The lowest BCUT2D eigenvalue weighted by molar-refractivity contribution is 0.520.